The first-order chi connectivity index (χ1) is 8.52. The summed E-state index contributed by atoms with van der Waals surface area (Å²) in [6.45, 7) is 9.03. The maximum Gasteiger partial charge on any atom is 0.122 e. The molecule has 3 nitrogen and oxygen atoms in total. The van der Waals surface area contributed by atoms with E-state index in [1.165, 1.54) is 5.56 Å². The zero-order chi connectivity index (χ0) is 13.5. The van der Waals surface area contributed by atoms with Crippen molar-refractivity contribution in [1.82, 2.24) is 5.32 Å². The van der Waals surface area contributed by atoms with Crippen LogP contribution in [-0.4, -0.2) is 30.4 Å². The molecule has 0 saturated carbocycles. The summed E-state index contributed by atoms with van der Waals surface area (Å²) < 4.78 is 5.78. The van der Waals surface area contributed by atoms with Crippen LogP contribution >= 0.6 is 0 Å². The Morgan fingerprint density at radius 1 is 1.28 bits per heavy atom. The van der Waals surface area contributed by atoms with Gasteiger partial charge < -0.3 is 15.2 Å². The van der Waals surface area contributed by atoms with E-state index in [4.69, 9.17) is 4.74 Å². The number of rotatable bonds is 7. The summed E-state index contributed by atoms with van der Waals surface area (Å²) in [4.78, 5) is 0. The molecule has 1 aromatic rings. The van der Waals surface area contributed by atoms with E-state index in [-0.39, 0.29) is 12.6 Å². The first-order valence-electron chi connectivity index (χ1n) is 6.60. The second-order valence-corrected chi connectivity index (χ2v) is 5.11. The molecular weight excluding hydrogens is 226 g/mol. The lowest BCUT2D eigenvalue weighted by atomic mass is 10.1. The van der Waals surface area contributed by atoms with E-state index in [0.717, 1.165) is 17.7 Å². The number of nitrogens with one attached hydrogen (secondary N) is 1. The van der Waals surface area contributed by atoms with Gasteiger partial charge in [0.25, 0.3) is 0 Å². The van der Waals surface area contributed by atoms with Gasteiger partial charge in [0.15, 0.2) is 0 Å². The SMILES string of the molecule is Cc1ccc(C)c(OCCC(CO)NC(C)C)c1. The standard InChI is InChI=1S/C15H25NO2/c1-11(2)16-14(10-17)7-8-18-15-9-12(3)5-6-13(15)4/h5-6,9,11,14,16-17H,7-8,10H2,1-4H3. The fourth-order valence-corrected chi connectivity index (χ4v) is 1.87. The van der Waals surface area contributed by atoms with Crippen molar-refractivity contribution in [1.29, 1.82) is 0 Å². The Kier molecular flexibility index (Phi) is 6.16. The third-order valence-corrected chi connectivity index (χ3v) is 2.86. The minimum atomic E-state index is 0.107. The van der Waals surface area contributed by atoms with E-state index in [0.29, 0.717) is 12.6 Å². The summed E-state index contributed by atoms with van der Waals surface area (Å²) in [6.07, 6.45) is 0.808. The highest BCUT2D eigenvalue weighted by Crippen LogP contribution is 2.19. The highest BCUT2D eigenvalue weighted by atomic mass is 16.5. The van der Waals surface area contributed by atoms with E-state index in [2.05, 4.69) is 44.3 Å². The number of aryl methyl sites for hydroxylation is 2. The summed E-state index contributed by atoms with van der Waals surface area (Å²) in [7, 11) is 0. The molecule has 3 heteroatoms. The van der Waals surface area contributed by atoms with Gasteiger partial charge in [0.05, 0.1) is 13.2 Å². The number of hydrogen-bond donors (Lipinski definition) is 2. The highest BCUT2D eigenvalue weighted by molar-refractivity contribution is 5.35. The summed E-state index contributed by atoms with van der Waals surface area (Å²) in [5, 5.41) is 12.6. The molecule has 1 atom stereocenters. The lowest BCUT2D eigenvalue weighted by Crippen LogP contribution is -2.38. The van der Waals surface area contributed by atoms with Gasteiger partial charge >= 0.3 is 0 Å². The second-order valence-electron chi connectivity index (χ2n) is 5.11. The topological polar surface area (TPSA) is 41.5 Å². The highest BCUT2D eigenvalue weighted by Gasteiger charge is 2.09. The molecule has 0 aliphatic heterocycles. The smallest absolute Gasteiger partial charge is 0.122 e. The number of hydrogen-bond acceptors (Lipinski definition) is 3. The van der Waals surface area contributed by atoms with Gasteiger partial charge in [-0.2, -0.15) is 0 Å². The van der Waals surface area contributed by atoms with Crippen molar-refractivity contribution in [3.05, 3.63) is 29.3 Å². The van der Waals surface area contributed by atoms with Crippen LogP contribution in [0.3, 0.4) is 0 Å². The van der Waals surface area contributed by atoms with Crippen LogP contribution in [0.1, 0.15) is 31.4 Å². The van der Waals surface area contributed by atoms with Crippen LogP contribution in [0.5, 0.6) is 5.75 Å². The van der Waals surface area contributed by atoms with E-state index in [1.54, 1.807) is 0 Å². The Bertz CT molecular complexity index is 364. The average Bonchev–Trinajstić information content (AvgIpc) is 2.31. The largest absolute Gasteiger partial charge is 0.493 e. The maximum absolute atomic E-state index is 9.25. The molecule has 2 N–H and O–H groups in total. The molecule has 0 aromatic heterocycles. The van der Waals surface area contributed by atoms with Crippen molar-refractivity contribution in [2.75, 3.05) is 13.2 Å². The first kappa shape index (κ1) is 15.0. The third kappa shape index (κ3) is 5.07. The Labute approximate surface area is 110 Å². The Hall–Kier alpha value is -1.06. The third-order valence-electron chi connectivity index (χ3n) is 2.86. The van der Waals surface area contributed by atoms with Gasteiger partial charge in [-0.25, -0.2) is 0 Å². The van der Waals surface area contributed by atoms with Crippen molar-refractivity contribution < 1.29 is 9.84 Å². The first-order valence-corrected chi connectivity index (χ1v) is 6.60. The minimum Gasteiger partial charge on any atom is -0.493 e. The molecule has 0 aliphatic carbocycles. The molecule has 18 heavy (non-hydrogen) atoms. The number of aliphatic hydroxyl groups is 1. The van der Waals surface area contributed by atoms with Crippen LogP contribution in [0.2, 0.25) is 0 Å². The summed E-state index contributed by atoms with van der Waals surface area (Å²) >= 11 is 0. The van der Waals surface area contributed by atoms with Gasteiger partial charge in [-0.15, -0.1) is 0 Å². The Morgan fingerprint density at radius 3 is 2.61 bits per heavy atom. The van der Waals surface area contributed by atoms with Crippen LogP contribution < -0.4 is 10.1 Å². The summed E-state index contributed by atoms with van der Waals surface area (Å²) in [6, 6.07) is 6.69. The predicted octanol–water partition coefficient (Wildman–Crippen LogP) is 2.43. The summed E-state index contributed by atoms with van der Waals surface area (Å²) in [5.74, 6) is 0.941. The monoisotopic (exact) mass is 251 g/mol. The predicted molar refractivity (Wildman–Crippen MR) is 75.2 cm³/mol. The minimum absolute atomic E-state index is 0.107. The number of benzene rings is 1. The van der Waals surface area contributed by atoms with Gasteiger partial charge in [0, 0.05) is 12.1 Å². The molecule has 1 unspecified atom stereocenters. The van der Waals surface area contributed by atoms with Crippen LogP contribution in [0, 0.1) is 13.8 Å². The van der Waals surface area contributed by atoms with Crippen LogP contribution in [-0.2, 0) is 0 Å². The van der Waals surface area contributed by atoms with Gasteiger partial charge in [0.2, 0.25) is 0 Å². The molecule has 1 aromatic carbocycles. The van der Waals surface area contributed by atoms with E-state index in [1.807, 2.05) is 6.92 Å². The molecule has 0 aliphatic rings. The molecule has 0 radical (unpaired) electrons. The zero-order valence-corrected chi connectivity index (χ0v) is 11.9. The number of ether oxygens (including phenoxy) is 1. The van der Waals surface area contributed by atoms with Crippen molar-refractivity contribution >= 4 is 0 Å². The van der Waals surface area contributed by atoms with Gasteiger partial charge in [-0.05, 0) is 37.5 Å². The molecular formula is C15H25NO2. The average molecular weight is 251 g/mol. The fraction of sp³-hybridized carbons (Fsp3) is 0.600. The van der Waals surface area contributed by atoms with Crippen molar-refractivity contribution in [3.8, 4) is 5.75 Å². The Balaban J connectivity index is 2.42. The molecule has 0 fully saturated rings. The van der Waals surface area contributed by atoms with Crippen molar-refractivity contribution in [3.63, 3.8) is 0 Å². The summed E-state index contributed by atoms with van der Waals surface area (Å²) in [5.41, 5.74) is 2.35. The van der Waals surface area contributed by atoms with Crippen molar-refractivity contribution in [2.24, 2.45) is 0 Å². The number of aliphatic hydroxyl groups excluding tert-OH is 1. The lowest BCUT2D eigenvalue weighted by molar-refractivity contribution is 0.202. The normalized spacial score (nSPS) is 12.8. The quantitative estimate of drug-likeness (QED) is 0.782. The van der Waals surface area contributed by atoms with E-state index in [9.17, 15) is 5.11 Å². The van der Waals surface area contributed by atoms with Crippen LogP contribution in [0.25, 0.3) is 0 Å². The zero-order valence-electron chi connectivity index (χ0n) is 11.9. The second kappa shape index (κ2) is 7.39. The molecule has 0 saturated heterocycles. The molecule has 0 heterocycles. The fourth-order valence-electron chi connectivity index (χ4n) is 1.87. The van der Waals surface area contributed by atoms with E-state index < -0.39 is 0 Å². The molecule has 1 rings (SSSR count). The van der Waals surface area contributed by atoms with Gasteiger partial charge in [-0.3, -0.25) is 0 Å². The maximum atomic E-state index is 9.25. The van der Waals surface area contributed by atoms with Crippen LogP contribution in [0.4, 0.5) is 0 Å². The van der Waals surface area contributed by atoms with Gasteiger partial charge in [-0.1, -0.05) is 26.0 Å². The van der Waals surface area contributed by atoms with Gasteiger partial charge in [0.1, 0.15) is 5.75 Å². The van der Waals surface area contributed by atoms with Crippen LogP contribution in [0.15, 0.2) is 18.2 Å². The molecule has 102 valence electrons. The molecule has 0 spiro atoms. The molecule has 0 bridgehead atoms. The lowest BCUT2D eigenvalue weighted by Gasteiger charge is -2.19. The molecule has 0 amide bonds. The Morgan fingerprint density at radius 2 is 2.00 bits per heavy atom. The van der Waals surface area contributed by atoms with E-state index >= 15 is 0 Å². The van der Waals surface area contributed by atoms with Crippen molar-refractivity contribution in [2.45, 2.75) is 46.2 Å².